The molecule has 2 atom stereocenters. The molecule has 3 rings (SSSR count). The number of hydrogen-bond donors (Lipinski definition) is 1. The summed E-state index contributed by atoms with van der Waals surface area (Å²) in [7, 11) is 0. The molecule has 0 spiro atoms. The highest BCUT2D eigenvalue weighted by molar-refractivity contribution is 6.29. The van der Waals surface area contributed by atoms with Gasteiger partial charge >= 0.3 is 0 Å². The molecule has 0 radical (unpaired) electrons. The van der Waals surface area contributed by atoms with Gasteiger partial charge in [-0.1, -0.05) is 11.6 Å². The number of fused-ring (bicyclic) bond motifs is 3. The molecule has 0 aliphatic carbocycles. The molecular formula is C10H11ClN2O. The van der Waals surface area contributed by atoms with E-state index in [0.717, 1.165) is 18.5 Å². The van der Waals surface area contributed by atoms with Crippen LogP contribution in [0.1, 0.15) is 24.4 Å². The Kier molecular flexibility index (Phi) is 1.89. The number of ether oxygens (including phenoxy) is 1. The Hall–Kier alpha value is -0.800. The lowest BCUT2D eigenvalue weighted by molar-refractivity contribution is 0.150. The third-order valence-electron chi connectivity index (χ3n) is 2.86. The number of pyridine rings is 1. The Morgan fingerprint density at radius 1 is 1.50 bits per heavy atom. The average Bonchev–Trinajstić information content (AvgIpc) is 2.54. The van der Waals surface area contributed by atoms with Crippen molar-refractivity contribution in [2.24, 2.45) is 0 Å². The van der Waals surface area contributed by atoms with Crippen LogP contribution in [0.25, 0.3) is 0 Å². The molecule has 0 unspecified atom stereocenters. The third-order valence-corrected chi connectivity index (χ3v) is 3.07. The molecule has 2 aliphatic heterocycles. The van der Waals surface area contributed by atoms with Crippen molar-refractivity contribution in [3.63, 3.8) is 0 Å². The highest BCUT2D eigenvalue weighted by atomic mass is 35.5. The van der Waals surface area contributed by atoms with E-state index in [2.05, 4.69) is 10.3 Å². The van der Waals surface area contributed by atoms with Gasteiger partial charge in [0, 0.05) is 5.56 Å². The Balaban J connectivity index is 2.01. The summed E-state index contributed by atoms with van der Waals surface area (Å²) in [6, 6.07) is 4.15. The maximum atomic E-state index is 5.81. The fourth-order valence-electron chi connectivity index (χ4n) is 2.20. The lowest BCUT2D eigenvalue weighted by Gasteiger charge is -2.24. The van der Waals surface area contributed by atoms with E-state index >= 15 is 0 Å². The molecule has 0 aromatic carbocycles. The summed E-state index contributed by atoms with van der Waals surface area (Å²) < 4.78 is 5.73. The van der Waals surface area contributed by atoms with Gasteiger partial charge < -0.3 is 10.1 Å². The number of halogens is 1. The third kappa shape index (κ3) is 1.20. The van der Waals surface area contributed by atoms with E-state index in [1.165, 1.54) is 6.42 Å². The zero-order chi connectivity index (χ0) is 9.54. The zero-order valence-corrected chi connectivity index (χ0v) is 8.42. The minimum atomic E-state index is 0.254. The maximum Gasteiger partial charge on any atom is 0.220 e. The van der Waals surface area contributed by atoms with Crippen LogP contribution < -0.4 is 10.1 Å². The first-order valence-electron chi connectivity index (χ1n) is 4.91. The quantitative estimate of drug-likeness (QED) is 0.665. The molecule has 4 heteroatoms. The molecule has 1 N–H and O–H groups in total. The predicted molar refractivity (Wildman–Crippen MR) is 53.6 cm³/mol. The molecule has 14 heavy (non-hydrogen) atoms. The van der Waals surface area contributed by atoms with Crippen LogP contribution in [-0.4, -0.2) is 17.6 Å². The van der Waals surface area contributed by atoms with E-state index in [0.29, 0.717) is 17.1 Å². The van der Waals surface area contributed by atoms with E-state index in [1.807, 2.05) is 12.1 Å². The summed E-state index contributed by atoms with van der Waals surface area (Å²) >= 11 is 5.81. The number of aromatic nitrogens is 1. The second-order valence-electron chi connectivity index (χ2n) is 3.76. The second-order valence-corrected chi connectivity index (χ2v) is 4.15. The van der Waals surface area contributed by atoms with E-state index in [9.17, 15) is 0 Å². The van der Waals surface area contributed by atoms with Crippen molar-refractivity contribution in [3.05, 3.63) is 22.8 Å². The molecule has 74 valence electrons. The first kappa shape index (κ1) is 8.50. The van der Waals surface area contributed by atoms with Crippen molar-refractivity contribution in [2.45, 2.75) is 25.0 Å². The SMILES string of the molecule is Clc1ccc2c(n1)O[C@@H]1CCCN[C@H]21. The van der Waals surface area contributed by atoms with Gasteiger partial charge in [0.1, 0.15) is 11.3 Å². The first-order chi connectivity index (χ1) is 6.84. The summed E-state index contributed by atoms with van der Waals surface area (Å²) in [5, 5.41) is 3.95. The van der Waals surface area contributed by atoms with Crippen LogP contribution >= 0.6 is 11.6 Å². The number of nitrogens with zero attached hydrogens (tertiary/aromatic N) is 1. The molecule has 0 saturated carbocycles. The van der Waals surface area contributed by atoms with E-state index in [4.69, 9.17) is 16.3 Å². The van der Waals surface area contributed by atoms with Gasteiger partial charge in [0.05, 0.1) is 6.04 Å². The van der Waals surface area contributed by atoms with Gasteiger partial charge in [-0.3, -0.25) is 0 Å². The van der Waals surface area contributed by atoms with Crippen LogP contribution in [0, 0.1) is 0 Å². The van der Waals surface area contributed by atoms with Crippen LogP contribution in [0.2, 0.25) is 5.15 Å². The summed E-state index contributed by atoms with van der Waals surface area (Å²) in [5.41, 5.74) is 1.15. The lowest BCUT2D eigenvalue weighted by atomic mass is 9.98. The first-order valence-corrected chi connectivity index (χ1v) is 5.29. The topological polar surface area (TPSA) is 34.1 Å². The van der Waals surface area contributed by atoms with Crippen molar-refractivity contribution in [1.82, 2.24) is 10.3 Å². The Morgan fingerprint density at radius 3 is 3.36 bits per heavy atom. The molecule has 1 saturated heterocycles. The lowest BCUT2D eigenvalue weighted by Crippen LogP contribution is -2.36. The molecule has 2 aliphatic rings. The van der Waals surface area contributed by atoms with Gasteiger partial charge in [-0.2, -0.15) is 0 Å². The Labute approximate surface area is 87.4 Å². The number of nitrogens with one attached hydrogen (secondary N) is 1. The van der Waals surface area contributed by atoms with Crippen LogP contribution in [0.3, 0.4) is 0 Å². The minimum absolute atomic E-state index is 0.254. The molecule has 0 amide bonds. The molecule has 0 bridgehead atoms. The molecule has 1 aromatic rings. The van der Waals surface area contributed by atoms with Crippen LogP contribution in [-0.2, 0) is 0 Å². The molecular weight excluding hydrogens is 200 g/mol. The summed E-state index contributed by atoms with van der Waals surface area (Å²) in [6.45, 7) is 1.06. The van der Waals surface area contributed by atoms with Gasteiger partial charge in [-0.25, -0.2) is 4.98 Å². The van der Waals surface area contributed by atoms with E-state index in [-0.39, 0.29) is 6.10 Å². The van der Waals surface area contributed by atoms with E-state index < -0.39 is 0 Å². The molecule has 3 nitrogen and oxygen atoms in total. The van der Waals surface area contributed by atoms with Crippen LogP contribution in [0.4, 0.5) is 0 Å². The molecule has 1 aromatic heterocycles. The monoisotopic (exact) mass is 210 g/mol. The fraction of sp³-hybridized carbons (Fsp3) is 0.500. The number of rotatable bonds is 0. The van der Waals surface area contributed by atoms with Crippen molar-refractivity contribution in [2.75, 3.05) is 6.54 Å². The smallest absolute Gasteiger partial charge is 0.220 e. The predicted octanol–water partition coefficient (Wildman–Crippen LogP) is 1.92. The van der Waals surface area contributed by atoms with Gasteiger partial charge in [0.15, 0.2) is 0 Å². The van der Waals surface area contributed by atoms with Crippen molar-refractivity contribution < 1.29 is 4.74 Å². The Morgan fingerprint density at radius 2 is 2.43 bits per heavy atom. The normalized spacial score (nSPS) is 29.2. The number of piperidine rings is 1. The minimum Gasteiger partial charge on any atom is -0.472 e. The number of hydrogen-bond acceptors (Lipinski definition) is 3. The summed E-state index contributed by atoms with van der Waals surface area (Å²) in [4.78, 5) is 4.18. The second kappa shape index (κ2) is 3.11. The van der Waals surface area contributed by atoms with Crippen LogP contribution in [0.5, 0.6) is 5.88 Å². The van der Waals surface area contributed by atoms with Crippen molar-refractivity contribution >= 4 is 11.6 Å². The maximum absolute atomic E-state index is 5.81. The van der Waals surface area contributed by atoms with Crippen LogP contribution in [0.15, 0.2) is 12.1 Å². The van der Waals surface area contributed by atoms with E-state index in [1.54, 1.807) is 0 Å². The van der Waals surface area contributed by atoms with Gasteiger partial charge in [0.25, 0.3) is 0 Å². The van der Waals surface area contributed by atoms with Crippen molar-refractivity contribution in [1.29, 1.82) is 0 Å². The van der Waals surface area contributed by atoms with Gasteiger partial charge in [-0.05, 0) is 31.5 Å². The largest absolute Gasteiger partial charge is 0.472 e. The highest BCUT2D eigenvalue weighted by Gasteiger charge is 2.36. The fourth-order valence-corrected chi connectivity index (χ4v) is 2.34. The summed E-state index contributed by atoms with van der Waals surface area (Å²) in [6.07, 6.45) is 2.53. The average molecular weight is 211 g/mol. The van der Waals surface area contributed by atoms with Gasteiger partial charge in [-0.15, -0.1) is 0 Å². The molecule has 1 fully saturated rings. The zero-order valence-electron chi connectivity index (χ0n) is 7.66. The molecule has 3 heterocycles. The summed E-state index contributed by atoms with van der Waals surface area (Å²) in [5.74, 6) is 0.710. The highest BCUT2D eigenvalue weighted by Crippen LogP contribution is 2.39. The standard InChI is InChI=1S/C10H11ClN2O/c11-8-4-3-6-9-7(2-1-5-12-9)14-10(6)13-8/h3-4,7,9,12H,1-2,5H2/t7-,9-/m1/s1. The van der Waals surface area contributed by atoms with Gasteiger partial charge in [0.2, 0.25) is 5.88 Å². The Bertz CT molecular complexity index is 369. The van der Waals surface area contributed by atoms with Crippen molar-refractivity contribution in [3.8, 4) is 5.88 Å².